The first-order chi connectivity index (χ1) is 26.6. The molecule has 0 fully saturated rings. The van der Waals surface area contributed by atoms with Gasteiger partial charge in [0.05, 0.1) is 33.9 Å². The fraction of sp³-hybridized carbons (Fsp3) is 0.0204. The number of hydrogen-bond acceptors (Lipinski definition) is 3. The van der Waals surface area contributed by atoms with Crippen molar-refractivity contribution < 1.29 is 4.42 Å². The first-order valence-corrected chi connectivity index (χ1v) is 18.0. The summed E-state index contributed by atoms with van der Waals surface area (Å²) in [6, 6.07) is 50.6. The van der Waals surface area contributed by atoms with Crippen LogP contribution in [0.15, 0.2) is 169 Å². The summed E-state index contributed by atoms with van der Waals surface area (Å²) >= 11 is 0. The second kappa shape index (κ2) is 12.4. The van der Waals surface area contributed by atoms with Crippen LogP contribution in [0.4, 0.5) is 0 Å². The van der Waals surface area contributed by atoms with Crippen LogP contribution in [-0.4, -0.2) is 14.1 Å². The molecule has 0 N–H and O–H groups in total. The lowest BCUT2D eigenvalue weighted by Crippen LogP contribution is -2.05. The van der Waals surface area contributed by atoms with Crippen LogP contribution in [0.25, 0.3) is 94.5 Å². The van der Waals surface area contributed by atoms with Crippen molar-refractivity contribution in [2.45, 2.75) is 6.92 Å². The van der Waals surface area contributed by atoms with E-state index in [0.717, 1.165) is 99.7 Å². The standard InChI is InChI=1S/C49H32N4O/c1-3-4-13-34-31(2)52(43-20-8-5-14-36(34)43)49-40(19-12-27-51-49)41-28-32(30-50)23-25-45(41)53-44-21-9-6-15-37(44)42-29-33(24-26-46(42)53)35-17-11-18-39-38-16-7-10-22-47(38)54-48(35)39/h3-29H,1H2,2H3/b13-4-. The number of rotatable bonds is 6. The average molecular weight is 693 g/mol. The Morgan fingerprint density at radius 2 is 1.37 bits per heavy atom. The fourth-order valence-electron chi connectivity index (χ4n) is 8.22. The molecule has 0 aliphatic carbocycles. The molecule has 5 heteroatoms. The topological polar surface area (TPSA) is 59.7 Å². The molecule has 4 aromatic heterocycles. The van der Waals surface area contributed by atoms with Crippen LogP contribution in [0.2, 0.25) is 0 Å². The van der Waals surface area contributed by atoms with Gasteiger partial charge in [0, 0.05) is 61.1 Å². The molecular formula is C49H32N4O. The molecule has 5 nitrogen and oxygen atoms in total. The third-order valence-electron chi connectivity index (χ3n) is 10.6. The molecule has 0 saturated heterocycles. The molecule has 0 aliphatic heterocycles. The summed E-state index contributed by atoms with van der Waals surface area (Å²) in [4.78, 5) is 5.04. The van der Waals surface area contributed by atoms with Gasteiger partial charge in [0.15, 0.2) is 0 Å². The number of allylic oxidation sites excluding steroid dienone is 2. The van der Waals surface area contributed by atoms with Crippen molar-refractivity contribution in [2.75, 3.05) is 0 Å². The minimum atomic E-state index is 0.578. The van der Waals surface area contributed by atoms with E-state index >= 15 is 0 Å². The Bertz CT molecular complexity index is 3220. The van der Waals surface area contributed by atoms with Crippen LogP contribution in [0, 0.1) is 18.3 Å². The summed E-state index contributed by atoms with van der Waals surface area (Å²) in [6.45, 7) is 6.03. The number of nitrogens with zero attached hydrogens (tertiary/aromatic N) is 4. The second-order valence-electron chi connectivity index (χ2n) is 13.5. The van der Waals surface area contributed by atoms with Crippen molar-refractivity contribution in [2.24, 2.45) is 0 Å². The number of para-hydroxylation sites is 4. The fourth-order valence-corrected chi connectivity index (χ4v) is 8.22. The van der Waals surface area contributed by atoms with Gasteiger partial charge in [0.1, 0.15) is 17.0 Å². The number of benzene rings is 6. The summed E-state index contributed by atoms with van der Waals surface area (Å²) in [5.41, 5.74) is 12.7. The highest BCUT2D eigenvalue weighted by Crippen LogP contribution is 2.42. The van der Waals surface area contributed by atoms with Crippen LogP contribution in [-0.2, 0) is 0 Å². The van der Waals surface area contributed by atoms with E-state index in [4.69, 9.17) is 9.40 Å². The maximum Gasteiger partial charge on any atom is 0.145 e. The average Bonchev–Trinajstić information content (AvgIpc) is 3.86. The smallest absolute Gasteiger partial charge is 0.145 e. The van der Waals surface area contributed by atoms with Crippen LogP contribution >= 0.6 is 0 Å². The molecule has 0 unspecified atom stereocenters. The summed E-state index contributed by atoms with van der Waals surface area (Å²) in [7, 11) is 0. The first-order valence-electron chi connectivity index (χ1n) is 18.0. The van der Waals surface area contributed by atoms with Crippen molar-refractivity contribution >= 4 is 60.7 Å². The quantitative estimate of drug-likeness (QED) is 0.163. The molecule has 6 aromatic carbocycles. The predicted molar refractivity (Wildman–Crippen MR) is 222 cm³/mol. The molecule has 4 heterocycles. The van der Waals surface area contributed by atoms with E-state index in [9.17, 15) is 5.26 Å². The highest BCUT2D eigenvalue weighted by atomic mass is 16.3. The predicted octanol–water partition coefficient (Wildman–Crippen LogP) is 12.7. The molecule has 0 saturated carbocycles. The summed E-state index contributed by atoms with van der Waals surface area (Å²) in [6.07, 6.45) is 7.71. The maximum absolute atomic E-state index is 10.2. The van der Waals surface area contributed by atoms with Crippen LogP contribution in [0.3, 0.4) is 0 Å². The van der Waals surface area contributed by atoms with Crippen LogP contribution in [0.5, 0.6) is 0 Å². The highest BCUT2D eigenvalue weighted by molar-refractivity contribution is 6.13. The first kappa shape index (κ1) is 31.3. The summed E-state index contributed by atoms with van der Waals surface area (Å²) in [5.74, 6) is 0.794. The Morgan fingerprint density at radius 3 is 2.20 bits per heavy atom. The van der Waals surface area contributed by atoms with Gasteiger partial charge < -0.3 is 8.98 Å². The van der Waals surface area contributed by atoms with Gasteiger partial charge in [-0.1, -0.05) is 104 Å². The number of aromatic nitrogens is 3. The third kappa shape index (κ3) is 4.67. The van der Waals surface area contributed by atoms with E-state index in [-0.39, 0.29) is 0 Å². The molecule has 10 rings (SSSR count). The van der Waals surface area contributed by atoms with Gasteiger partial charge in [-0.3, -0.25) is 4.57 Å². The van der Waals surface area contributed by atoms with E-state index in [2.05, 4.69) is 144 Å². The zero-order valence-corrected chi connectivity index (χ0v) is 29.5. The van der Waals surface area contributed by atoms with Gasteiger partial charge in [-0.25, -0.2) is 4.98 Å². The second-order valence-corrected chi connectivity index (χ2v) is 13.5. The molecule has 254 valence electrons. The van der Waals surface area contributed by atoms with Crippen LogP contribution < -0.4 is 0 Å². The Hall–Kier alpha value is -7.42. The lowest BCUT2D eigenvalue weighted by atomic mass is 10.00. The van der Waals surface area contributed by atoms with E-state index in [1.165, 1.54) is 0 Å². The molecule has 0 atom stereocenters. The van der Waals surface area contributed by atoms with E-state index in [1.807, 2.05) is 42.6 Å². The van der Waals surface area contributed by atoms with Crippen molar-refractivity contribution in [1.82, 2.24) is 14.1 Å². The van der Waals surface area contributed by atoms with Crippen molar-refractivity contribution in [3.63, 3.8) is 0 Å². The highest BCUT2D eigenvalue weighted by Gasteiger charge is 2.22. The summed E-state index contributed by atoms with van der Waals surface area (Å²) < 4.78 is 11.0. The lowest BCUT2D eigenvalue weighted by molar-refractivity contribution is 0.670. The molecular weight excluding hydrogens is 661 g/mol. The van der Waals surface area contributed by atoms with Gasteiger partial charge in [0.2, 0.25) is 0 Å². The SMILES string of the molecule is C=C/C=C\c1c(C)n(-c2ncccc2-c2cc(C#N)ccc2-n2c3ccccc3c3cc(-c4cccc5c4oc4ccccc45)ccc32)c2ccccc12. The number of pyridine rings is 1. The Balaban J connectivity index is 1.22. The minimum absolute atomic E-state index is 0.578. The van der Waals surface area contributed by atoms with Crippen molar-refractivity contribution in [3.05, 3.63) is 181 Å². The molecule has 0 amide bonds. The Labute approximate surface area is 311 Å². The van der Waals surface area contributed by atoms with Gasteiger partial charge >= 0.3 is 0 Å². The monoisotopic (exact) mass is 692 g/mol. The van der Waals surface area contributed by atoms with Gasteiger partial charge in [0.25, 0.3) is 0 Å². The number of nitriles is 1. The minimum Gasteiger partial charge on any atom is -0.455 e. The van der Waals surface area contributed by atoms with E-state index < -0.39 is 0 Å². The Morgan fingerprint density at radius 1 is 0.648 bits per heavy atom. The largest absolute Gasteiger partial charge is 0.455 e. The summed E-state index contributed by atoms with van der Waals surface area (Å²) in [5, 5.41) is 15.8. The van der Waals surface area contributed by atoms with Crippen LogP contribution in [0.1, 0.15) is 16.8 Å². The normalized spacial score (nSPS) is 11.8. The number of furan rings is 1. The number of hydrogen-bond donors (Lipinski definition) is 0. The number of fused-ring (bicyclic) bond motifs is 7. The zero-order chi connectivity index (χ0) is 36.3. The zero-order valence-electron chi connectivity index (χ0n) is 29.5. The van der Waals surface area contributed by atoms with Gasteiger partial charge in [-0.05, 0) is 73.2 Å². The van der Waals surface area contributed by atoms with Crippen molar-refractivity contribution in [3.8, 4) is 39.8 Å². The van der Waals surface area contributed by atoms with E-state index in [0.29, 0.717) is 5.56 Å². The Kier molecular flexibility index (Phi) is 7.18. The molecule has 54 heavy (non-hydrogen) atoms. The van der Waals surface area contributed by atoms with E-state index in [1.54, 1.807) is 6.08 Å². The molecule has 0 spiro atoms. The molecule has 0 bridgehead atoms. The lowest BCUT2D eigenvalue weighted by Gasteiger charge is -2.18. The third-order valence-corrected chi connectivity index (χ3v) is 10.6. The maximum atomic E-state index is 10.2. The molecule has 10 aromatic rings. The molecule has 0 radical (unpaired) electrons. The van der Waals surface area contributed by atoms with Crippen molar-refractivity contribution in [1.29, 1.82) is 5.26 Å². The molecule has 0 aliphatic rings. The van der Waals surface area contributed by atoms with Gasteiger partial charge in [-0.15, -0.1) is 0 Å². The van der Waals surface area contributed by atoms with Gasteiger partial charge in [-0.2, -0.15) is 5.26 Å².